The highest BCUT2D eigenvalue weighted by Crippen LogP contribution is 2.32. The molecule has 3 rings (SSSR count). The highest BCUT2D eigenvalue weighted by molar-refractivity contribution is 6.01. The number of nitrogens with zero attached hydrogens (tertiary/aromatic N) is 1. The Labute approximate surface area is 208 Å². The topological polar surface area (TPSA) is 59.1 Å². The number of allylic oxidation sites excluding steroid dienone is 2. The molecule has 0 spiro atoms. The van der Waals surface area contributed by atoms with Gasteiger partial charge in [0.25, 0.3) is 5.91 Å². The van der Waals surface area contributed by atoms with Gasteiger partial charge in [0.15, 0.2) is 0 Å². The second-order valence-corrected chi connectivity index (χ2v) is 8.42. The monoisotopic (exact) mass is 466 g/mol. The van der Waals surface area contributed by atoms with Crippen molar-refractivity contribution >= 4 is 18.3 Å². The summed E-state index contributed by atoms with van der Waals surface area (Å²) >= 11 is 0. The molecule has 1 N–H and O–H groups in total. The van der Waals surface area contributed by atoms with Gasteiger partial charge in [0.1, 0.15) is 6.29 Å². The maximum absolute atomic E-state index is 12.9. The summed E-state index contributed by atoms with van der Waals surface area (Å²) in [7, 11) is 1.66. The first-order chi connectivity index (χ1) is 17.1. The Morgan fingerprint density at radius 3 is 2.20 bits per heavy atom. The molecule has 0 fully saturated rings. The van der Waals surface area contributed by atoms with Gasteiger partial charge in [0.05, 0.1) is 17.0 Å². The molecule has 0 atom stereocenters. The first-order valence-electron chi connectivity index (χ1n) is 12.2. The van der Waals surface area contributed by atoms with Gasteiger partial charge in [-0.15, -0.1) is 0 Å². The molecule has 35 heavy (non-hydrogen) atoms. The van der Waals surface area contributed by atoms with Crippen LogP contribution in [0.2, 0.25) is 0 Å². The van der Waals surface area contributed by atoms with E-state index >= 15 is 0 Å². The summed E-state index contributed by atoms with van der Waals surface area (Å²) in [5.74, 6) is -0.119. The molecule has 0 radical (unpaired) electrons. The predicted molar refractivity (Wildman–Crippen MR) is 145 cm³/mol. The van der Waals surface area contributed by atoms with Crippen molar-refractivity contribution in [1.82, 2.24) is 10.3 Å². The molecule has 0 bridgehead atoms. The van der Waals surface area contributed by atoms with Crippen LogP contribution in [0.3, 0.4) is 0 Å². The zero-order valence-corrected chi connectivity index (χ0v) is 20.9. The lowest BCUT2D eigenvalue weighted by Gasteiger charge is -2.18. The highest BCUT2D eigenvalue weighted by atomic mass is 16.1. The minimum absolute atomic E-state index is 0.119. The molecular formula is C31H34N2O2. The van der Waals surface area contributed by atoms with Crippen LogP contribution in [0, 0.1) is 0 Å². The van der Waals surface area contributed by atoms with E-state index in [2.05, 4.69) is 67.4 Å². The largest absolute Gasteiger partial charge is 0.355 e. The summed E-state index contributed by atoms with van der Waals surface area (Å²) in [4.78, 5) is 28.5. The average Bonchev–Trinajstić information content (AvgIpc) is 2.91. The lowest BCUT2D eigenvalue weighted by molar-refractivity contribution is -0.107. The molecule has 1 heterocycles. The van der Waals surface area contributed by atoms with Crippen molar-refractivity contribution in [2.24, 2.45) is 0 Å². The molecule has 1 amide bonds. The number of aromatic nitrogens is 1. The molecule has 0 saturated carbocycles. The van der Waals surface area contributed by atoms with Gasteiger partial charge in [-0.2, -0.15) is 0 Å². The Hall–Kier alpha value is -3.79. The highest BCUT2D eigenvalue weighted by Gasteiger charge is 2.22. The van der Waals surface area contributed by atoms with Gasteiger partial charge in [-0.3, -0.25) is 9.78 Å². The number of aldehydes is 1. The first kappa shape index (κ1) is 25.8. The van der Waals surface area contributed by atoms with E-state index in [1.54, 1.807) is 13.1 Å². The van der Waals surface area contributed by atoms with E-state index in [1.807, 2.05) is 19.1 Å². The molecule has 0 unspecified atom stereocenters. The zero-order valence-electron chi connectivity index (χ0n) is 20.9. The van der Waals surface area contributed by atoms with Gasteiger partial charge in [-0.25, -0.2) is 0 Å². The second kappa shape index (κ2) is 12.6. The van der Waals surface area contributed by atoms with Crippen molar-refractivity contribution in [2.45, 2.75) is 46.0 Å². The van der Waals surface area contributed by atoms with Crippen molar-refractivity contribution in [1.29, 1.82) is 0 Å². The second-order valence-electron chi connectivity index (χ2n) is 8.42. The van der Waals surface area contributed by atoms with Crippen LogP contribution in [0.5, 0.6) is 0 Å². The number of hydrogen-bond acceptors (Lipinski definition) is 3. The number of carbonyl (C=O) groups excluding carboxylic acids is 2. The van der Waals surface area contributed by atoms with Crippen LogP contribution in [0.15, 0.2) is 67.3 Å². The molecule has 4 nitrogen and oxygen atoms in total. The van der Waals surface area contributed by atoms with Crippen LogP contribution in [0.1, 0.15) is 59.4 Å². The molecule has 4 heteroatoms. The third-order valence-electron chi connectivity index (χ3n) is 6.21. The maximum atomic E-state index is 12.9. The minimum atomic E-state index is -0.119. The standard InChI is InChI=1S/C31H34N2O2/c1-5-8-12-28-26(6-2)29(31(35)32-4)27(7-3)30(33-28)25-19-17-24(18-20-25)23-15-13-22(14-16-23)11-9-10-21-34/h5-6,8,13-21H,2,7,9-12H2,1,3-4H3,(H,32,35)/b8-5-. The van der Waals surface area contributed by atoms with Crippen LogP contribution in [-0.4, -0.2) is 24.2 Å². The molecular weight excluding hydrogens is 432 g/mol. The lowest BCUT2D eigenvalue weighted by atomic mass is 9.91. The van der Waals surface area contributed by atoms with E-state index in [0.29, 0.717) is 24.8 Å². The summed E-state index contributed by atoms with van der Waals surface area (Å²) in [5.41, 5.74) is 8.55. The zero-order chi connectivity index (χ0) is 25.2. The molecule has 180 valence electrons. The van der Waals surface area contributed by atoms with Crippen LogP contribution in [-0.2, 0) is 24.1 Å². The van der Waals surface area contributed by atoms with E-state index in [0.717, 1.165) is 58.3 Å². The van der Waals surface area contributed by atoms with Gasteiger partial charge in [-0.1, -0.05) is 80.3 Å². The molecule has 1 aromatic heterocycles. The fourth-order valence-corrected chi connectivity index (χ4v) is 4.33. The minimum Gasteiger partial charge on any atom is -0.355 e. The fraction of sp³-hybridized carbons (Fsp3) is 0.258. The van der Waals surface area contributed by atoms with E-state index in [1.165, 1.54) is 5.56 Å². The summed E-state index contributed by atoms with van der Waals surface area (Å²) < 4.78 is 0. The van der Waals surface area contributed by atoms with Crippen molar-refractivity contribution < 1.29 is 9.59 Å². The van der Waals surface area contributed by atoms with Crippen LogP contribution in [0.25, 0.3) is 28.5 Å². The molecule has 0 saturated heterocycles. The summed E-state index contributed by atoms with van der Waals surface area (Å²) in [5, 5.41) is 2.79. The van der Waals surface area contributed by atoms with Crippen LogP contribution >= 0.6 is 0 Å². The van der Waals surface area contributed by atoms with E-state index in [9.17, 15) is 9.59 Å². The number of rotatable bonds is 11. The van der Waals surface area contributed by atoms with Crippen molar-refractivity contribution in [3.05, 3.63) is 95.2 Å². The number of unbranched alkanes of at least 4 members (excludes halogenated alkanes) is 1. The Morgan fingerprint density at radius 1 is 1.03 bits per heavy atom. The number of nitrogens with one attached hydrogen (secondary N) is 1. The molecule has 0 aliphatic carbocycles. The number of hydrogen-bond donors (Lipinski definition) is 1. The molecule has 2 aromatic carbocycles. The molecule has 0 aliphatic heterocycles. The maximum Gasteiger partial charge on any atom is 0.252 e. The van der Waals surface area contributed by atoms with Crippen molar-refractivity contribution in [3.63, 3.8) is 0 Å². The number of benzene rings is 2. The van der Waals surface area contributed by atoms with E-state index in [-0.39, 0.29) is 5.91 Å². The average molecular weight is 467 g/mol. The Kier molecular flexibility index (Phi) is 9.31. The Balaban J connectivity index is 2.02. The number of aryl methyl sites for hydroxylation is 1. The van der Waals surface area contributed by atoms with E-state index in [4.69, 9.17) is 4.98 Å². The normalized spacial score (nSPS) is 10.9. The first-order valence-corrected chi connectivity index (χ1v) is 12.2. The third kappa shape index (κ3) is 6.02. The fourth-order valence-electron chi connectivity index (χ4n) is 4.33. The lowest BCUT2D eigenvalue weighted by Crippen LogP contribution is -2.23. The number of pyridine rings is 1. The van der Waals surface area contributed by atoms with Crippen LogP contribution < -0.4 is 5.32 Å². The molecule has 0 aliphatic rings. The van der Waals surface area contributed by atoms with Gasteiger partial charge in [-0.05, 0) is 48.4 Å². The SMILES string of the molecule is C=Cc1c(C/C=C\C)nc(-c2ccc(-c3ccc(CCCC=O)cc3)cc2)c(CC)c1C(=O)NC. The van der Waals surface area contributed by atoms with E-state index < -0.39 is 0 Å². The number of carbonyl (C=O) groups is 2. The summed E-state index contributed by atoms with van der Waals surface area (Å²) in [6, 6.07) is 16.9. The van der Waals surface area contributed by atoms with Gasteiger partial charge in [0.2, 0.25) is 0 Å². The smallest absolute Gasteiger partial charge is 0.252 e. The van der Waals surface area contributed by atoms with Gasteiger partial charge < -0.3 is 10.1 Å². The summed E-state index contributed by atoms with van der Waals surface area (Å²) in [6.45, 7) is 8.00. The van der Waals surface area contributed by atoms with Crippen molar-refractivity contribution in [2.75, 3.05) is 7.05 Å². The Morgan fingerprint density at radius 2 is 1.66 bits per heavy atom. The predicted octanol–water partition coefficient (Wildman–Crippen LogP) is 6.62. The van der Waals surface area contributed by atoms with Gasteiger partial charge >= 0.3 is 0 Å². The molecule has 3 aromatic rings. The summed E-state index contributed by atoms with van der Waals surface area (Å²) in [6.07, 6.45) is 10.5. The Bertz CT molecular complexity index is 1210. The number of amides is 1. The van der Waals surface area contributed by atoms with Crippen LogP contribution in [0.4, 0.5) is 0 Å². The quantitative estimate of drug-likeness (QED) is 0.196. The van der Waals surface area contributed by atoms with Crippen molar-refractivity contribution in [3.8, 4) is 22.4 Å². The third-order valence-corrected chi connectivity index (χ3v) is 6.21. The van der Waals surface area contributed by atoms with Gasteiger partial charge in [0, 0.05) is 31.0 Å².